The van der Waals surface area contributed by atoms with E-state index in [2.05, 4.69) is 15.5 Å². The third-order valence-corrected chi connectivity index (χ3v) is 7.09. The molecule has 2 amide bonds. The Morgan fingerprint density at radius 1 is 1.14 bits per heavy atom. The van der Waals surface area contributed by atoms with E-state index >= 15 is 0 Å². The highest BCUT2D eigenvalue weighted by atomic mass is 16.5. The Bertz CT molecular complexity index is 1040. The van der Waals surface area contributed by atoms with Crippen LogP contribution in [0, 0.1) is 6.92 Å². The smallest absolute Gasteiger partial charge is 0.255 e. The number of hydrogen-bond acceptors (Lipinski definition) is 6. The van der Waals surface area contributed by atoms with Gasteiger partial charge in [-0.15, -0.1) is 0 Å². The van der Waals surface area contributed by atoms with Crippen LogP contribution in [0.15, 0.2) is 47.1 Å². The van der Waals surface area contributed by atoms with E-state index in [1.165, 1.54) is 6.26 Å². The average molecular weight is 482 g/mol. The van der Waals surface area contributed by atoms with Gasteiger partial charge in [-0.25, -0.2) is 0 Å². The molecule has 2 fully saturated rings. The summed E-state index contributed by atoms with van der Waals surface area (Å²) in [6.07, 6.45) is 3.68. The molecule has 2 aliphatic rings. The molecule has 1 aromatic heterocycles. The van der Waals surface area contributed by atoms with Crippen LogP contribution in [0.3, 0.4) is 0 Å². The number of aryl methyl sites for hydroxylation is 1. The molecular weight excluding hydrogens is 446 g/mol. The first kappa shape index (κ1) is 25.1. The topological polar surface area (TPSA) is 101 Å². The molecule has 3 unspecified atom stereocenters. The Hall–Kier alpha value is -2.97. The zero-order chi connectivity index (χ0) is 25.0. The minimum atomic E-state index is -0.854. The summed E-state index contributed by atoms with van der Waals surface area (Å²) in [6.45, 7) is 8.33. The number of ketones is 1. The molecule has 2 saturated heterocycles. The minimum Gasteiger partial charge on any atom is -0.469 e. The average Bonchev–Trinajstić information content (AvgIpc) is 3.58. The van der Waals surface area contributed by atoms with Gasteiger partial charge < -0.3 is 24.7 Å². The molecular formula is C27H35N3O5. The number of likely N-dealkylation sites (tertiary alicyclic amines) is 1. The Balaban J connectivity index is 1.52. The zero-order valence-corrected chi connectivity index (χ0v) is 20.7. The number of carbonyl (C=O) groups excluding carboxylic acids is 3. The number of hydrogen-bond donors (Lipinski definition) is 2. The maximum atomic E-state index is 13.6. The Kier molecular flexibility index (Phi) is 7.72. The molecule has 8 nitrogen and oxygen atoms in total. The van der Waals surface area contributed by atoms with Gasteiger partial charge in [0.05, 0.1) is 17.9 Å². The van der Waals surface area contributed by atoms with Gasteiger partial charge in [-0.1, -0.05) is 44.2 Å². The number of Topliss-reactive ketones (excluding diaryl/α,β-unsaturated/α-hetero) is 1. The lowest BCUT2D eigenvalue weighted by molar-refractivity contribution is -0.128. The van der Waals surface area contributed by atoms with Gasteiger partial charge in [0.15, 0.2) is 5.78 Å². The van der Waals surface area contributed by atoms with Crippen molar-refractivity contribution in [3.63, 3.8) is 0 Å². The molecule has 2 aromatic rings. The molecule has 0 saturated carbocycles. The Morgan fingerprint density at radius 3 is 2.51 bits per heavy atom. The fourth-order valence-electron chi connectivity index (χ4n) is 4.97. The summed E-state index contributed by atoms with van der Waals surface area (Å²) in [7, 11) is 0. The van der Waals surface area contributed by atoms with Gasteiger partial charge in [-0.3, -0.25) is 14.4 Å². The van der Waals surface area contributed by atoms with Crippen molar-refractivity contribution >= 4 is 17.6 Å². The molecule has 8 heteroatoms. The van der Waals surface area contributed by atoms with E-state index in [1.54, 1.807) is 13.0 Å². The van der Waals surface area contributed by atoms with E-state index in [0.717, 1.165) is 31.5 Å². The van der Waals surface area contributed by atoms with Gasteiger partial charge in [0.25, 0.3) is 5.91 Å². The molecule has 3 atom stereocenters. The number of furan rings is 1. The van der Waals surface area contributed by atoms with Crippen LogP contribution in [-0.2, 0) is 19.7 Å². The molecule has 0 bridgehead atoms. The molecule has 2 aliphatic heterocycles. The summed E-state index contributed by atoms with van der Waals surface area (Å²) >= 11 is 0. The standard InChI is InChI=1S/C27H35N3O5/c1-18-20(11-14-34-18)25(32)28-21(15-27(2,3)19-9-5-4-6-10-19)26(33)29-24-22(31)17-35-23(24)16-30-12-7-8-13-30/h4-6,9-11,14,21,23-24H,7-8,12-13,15-17H2,1-3H3,(H,28,32)(H,29,33). The highest BCUT2D eigenvalue weighted by Gasteiger charge is 2.40. The van der Waals surface area contributed by atoms with Crippen LogP contribution in [0.5, 0.6) is 0 Å². The van der Waals surface area contributed by atoms with Crippen molar-refractivity contribution < 1.29 is 23.5 Å². The highest BCUT2D eigenvalue weighted by molar-refractivity contribution is 5.99. The summed E-state index contributed by atoms with van der Waals surface area (Å²) in [5, 5.41) is 5.80. The molecule has 4 rings (SSSR count). The molecule has 3 heterocycles. The van der Waals surface area contributed by atoms with Crippen LogP contribution in [0.25, 0.3) is 0 Å². The second-order valence-corrected chi connectivity index (χ2v) is 10.2. The molecule has 0 radical (unpaired) electrons. The van der Waals surface area contributed by atoms with Gasteiger partial charge in [0.1, 0.15) is 24.5 Å². The number of nitrogens with one attached hydrogen (secondary N) is 2. The van der Waals surface area contributed by atoms with Gasteiger partial charge in [0, 0.05) is 6.54 Å². The quantitative estimate of drug-likeness (QED) is 0.571. The lowest BCUT2D eigenvalue weighted by Gasteiger charge is -2.31. The number of ether oxygens (including phenoxy) is 1. The van der Waals surface area contributed by atoms with Crippen molar-refractivity contribution in [2.24, 2.45) is 0 Å². The van der Waals surface area contributed by atoms with Crippen molar-refractivity contribution in [1.82, 2.24) is 15.5 Å². The summed E-state index contributed by atoms with van der Waals surface area (Å²) in [6, 6.07) is 9.89. The van der Waals surface area contributed by atoms with E-state index in [4.69, 9.17) is 9.15 Å². The summed E-state index contributed by atoms with van der Waals surface area (Å²) in [5.41, 5.74) is 1.03. The second kappa shape index (κ2) is 10.7. The van der Waals surface area contributed by atoms with Crippen LogP contribution in [-0.4, -0.2) is 66.9 Å². The number of rotatable bonds is 9. The van der Waals surface area contributed by atoms with Gasteiger partial charge in [-0.05, 0) is 56.3 Å². The first-order valence-electron chi connectivity index (χ1n) is 12.3. The van der Waals surface area contributed by atoms with Gasteiger partial charge in [0.2, 0.25) is 5.91 Å². The fourth-order valence-corrected chi connectivity index (χ4v) is 4.97. The highest BCUT2D eigenvalue weighted by Crippen LogP contribution is 2.29. The monoisotopic (exact) mass is 481 g/mol. The van der Waals surface area contributed by atoms with Crippen LogP contribution in [0.2, 0.25) is 0 Å². The second-order valence-electron chi connectivity index (χ2n) is 10.2. The lowest BCUT2D eigenvalue weighted by atomic mass is 9.78. The predicted molar refractivity (Wildman–Crippen MR) is 131 cm³/mol. The van der Waals surface area contributed by atoms with Crippen molar-refractivity contribution in [2.45, 2.75) is 63.6 Å². The number of benzene rings is 1. The summed E-state index contributed by atoms with van der Waals surface area (Å²) in [4.78, 5) is 41.5. The van der Waals surface area contributed by atoms with Crippen molar-refractivity contribution in [3.8, 4) is 0 Å². The van der Waals surface area contributed by atoms with Crippen LogP contribution >= 0.6 is 0 Å². The Morgan fingerprint density at radius 2 is 1.86 bits per heavy atom. The summed E-state index contributed by atoms with van der Waals surface area (Å²) in [5.74, 6) is -0.434. The molecule has 1 aromatic carbocycles. The van der Waals surface area contributed by atoms with E-state index in [-0.39, 0.29) is 24.4 Å². The van der Waals surface area contributed by atoms with Crippen LogP contribution in [0.1, 0.15) is 54.8 Å². The van der Waals surface area contributed by atoms with Crippen molar-refractivity contribution in [3.05, 3.63) is 59.5 Å². The number of amides is 2. The molecule has 188 valence electrons. The van der Waals surface area contributed by atoms with Crippen molar-refractivity contribution in [2.75, 3.05) is 26.2 Å². The first-order valence-corrected chi connectivity index (χ1v) is 12.3. The third kappa shape index (κ3) is 6.00. The summed E-state index contributed by atoms with van der Waals surface area (Å²) < 4.78 is 11.0. The minimum absolute atomic E-state index is 0.00972. The zero-order valence-electron chi connectivity index (χ0n) is 20.7. The predicted octanol–water partition coefficient (Wildman–Crippen LogP) is 2.60. The molecule has 35 heavy (non-hydrogen) atoms. The maximum absolute atomic E-state index is 13.6. The largest absolute Gasteiger partial charge is 0.469 e. The third-order valence-electron chi connectivity index (χ3n) is 7.09. The van der Waals surface area contributed by atoms with E-state index in [9.17, 15) is 14.4 Å². The Labute approximate surface area is 206 Å². The van der Waals surface area contributed by atoms with Crippen LogP contribution < -0.4 is 10.6 Å². The number of nitrogens with zero attached hydrogens (tertiary/aromatic N) is 1. The van der Waals surface area contributed by atoms with Crippen LogP contribution in [0.4, 0.5) is 0 Å². The molecule has 0 spiro atoms. The van der Waals surface area contributed by atoms with Gasteiger partial charge >= 0.3 is 0 Å². The maximum Gasteiger partial charge on any atom is 0.255 e. The lowest BCUT2D eigenvalue weighted by Crippen LogP contribution is -2.56. The van der Waals surface area contributed by atoms with E-state index in [0.29, 0.717) is 24.3 Å². The van der Waals surface area contributed by atoms with Crippen molar-refractivity contribution in [1.29, 1.82) is 0 Å². The normalized spacial score (nSPS) is 21.7. The molecule has 2 N–H and O–H groups in total. The van der Waals surface area contributed by atoms with Gasteiger partial charge in [-0.2, -0.15) is 0 Å². The first-order chi connectivity index (χ1) is 16.7. The SMILES string of the molecule is Cc1occc1C(=O)NC(CC(C)(C)c1ccccc1)C(=O)NC1C(=O)COC1CN1CCCC1. The molecule has 0 aliphatic carbocycles. The van der Waals surface area contributed by atoms with E-state index in [1.807, 2.05) is 44.2 Å². The number of carbonyl (C=O) groups is 3. The van der Waals surface area contributed by atoms with E-state index < -0.39 is 23.4 Å². The fraction of sp³-hybridized carbons (Fsp3) is 0.519.